The molecular weight excluding hydrogens is 502 g/mol. The Morgan fingerprint density at radius 3 is 2.64 bits per heavy atom. The summed E-state index contributed by atoms with van der Waals surface area (Å²) in [5, 5.41) is 5.67. The lowest BCUT2D eigenvalue weighted by Gasteiger charge is -2.35. The maximum atomic E-state index is 5.75. The standard InChI is InChI=1S/C25H22BrN3O3S/c1-30-18-9-7-16(8-10-18)14-29-21(23-13-17-5-3-4-6-22(17)33-23)15-32-28-24(29)20-12-11-19(26)25(27-20)31-2/h3-13,21H,14-15H2,1-2H3. The van der Waals surface area contributed by atoms with E-state index in [1.807, 2.05) is 24.3 Å². The van der Waals surface area contributed by atoms with Crippen LogP contribution in [-0.2, 0) is 11.4 Å². The Morgan fingerprint density at radius 1 is 1.06 bits per heavy atom. The van der Waals surface area contributed by atoms with Crippen LogP contribution in [0.2, 0.25) is 0 Å². The summed E-state index contributed by atoms with van der Waals surface area (Å²) in [6, 6.07) is 22.6. The van der Waals surface area contributed by atoms with Crippen LogP contribution >= 0.6 is 27.3 Å². The van der Waals surface area contributed by atoms with Crippen molar-refractivity contribution in [2.24, 2.45) is 5.16 Å². The van der Waals surface area contributed by atoms with Crippen LogP contribution in [0.4, 0.5) is 0 Å². The van der Waals surface area contributed by atoms with E-state index in [1.54, 1.807) is 25.6 Å². The van der Waals surface area contributed by atoms with Gasteiger partial charge in [0.15, 0.2) is 5.84 Å². The molecule has 168 valence electrons. The van der Waals surface area contributed by atoms with Gasteiger partial charge in [-0.05, 0) is 63.3 Å². The minimum absolute atomic E-state index is 0.00607. The van der Waals surface area contributed by atoms with Gasteiger partial charge in [0.1, 0.15) is 24.1 Å². The van der Waals surface area contributed by atoms with Gasteiger partial charge in [0, 0.05) is 16.1 Å². The maximum Gasteiger partial charge on any atom is 0.228 e. The van der Waals surface area contributed by atoms with Gasteiger partial charge in [0.05, 0.1) is 18.7 Å². The van der Waals surface area contributed by atoms with E-state index < -0.39 is 0 Å². The largest absolute Gasteiger partial charge is 0.497 e. The van der Waals surface area contributed by atoms with Crippen molar-refractivity contribution in [2.75, 3.05) is 20.8 Å². The average Bonchev–Trinajstić information content (AvgIpc) is 3.29. The van der Waals surface area contributed by atoms with Crippen molar-refractivity contribution in [3.8, 4) is 11.6 Å². The number of rotatable bonds is 6. The summed E-state index contributed by atoms with van der Waals surface area (Å²) in [6.45, 7) is 1.10. The molecule has 33 heavy (non-hydrogen) atoms. The molecular formula is C25H22BrN3O3S. The first-order chi connectivity index (χ1) is 16.2. The molecule has 0 saturated heterocycles. The molecule has 4 aromatic rings. The summed E-state index contributed by atoms with van der Waals surface area (Å²) in [7, 11) is 3.27. The zero-order valence-electron chi connectivity index (χ0n) is 18.2. The van der Waals surface area contributed by atoms with Crippen LogP contribution in [0.15, 0.2) is 76.4 Å². The van der Waals surface area contributed by atoms with E-state index in [9.17, 15) is 0 Å². The van der Waals surface area contributed by atoms with Gasteiger partial charge in [-0.25, -0.2) is 4.98 Å². The molecule has 2 aromatic carbocycles. The van der Waals surface area contributed by atoms with E-state index in [1.165, 1.54) is 15.0 Å². The molecule has 1 aliphatic rings. The highest BCUT2D eigenvalue weighted by Gasteiger charge is 2.32. The number of amidine groups is 1. The Balaban J connectivity index is 1.56. The van der Waals surface area contributed by atoms with Gasteiger partial charge < -0.3 is 19.2 Å². The van der Waals surface area contributed by atoms with E-state index in [4.69, 9.17) is 14.3 Å². The predicted octanol–water partition coefficient (Wildman–Crippen LogP) is 6.01. The third-order valence-electron chi connectivity index (χ3n) is 5.55. The van der Waals surface area contributed by atoms with E-state index >= 15 is 0 Å². The SMILES string of the molecule is COc1ccc(CN2C(c3ccc(Br)c(OC)n3)=NOCC2c2cc3ccccc3s2)cc1. The summed E-state index contributed by atoms with van der Waals surface area (Å²) >= 11 is 5.27. The van der Waals surface area contributed by atoms with Crippen molar-refractivity contribution in [2.45, 2.75) is 12.6 Å². The minimum atomic E-state index is -0.00607. The molecule has 5 rings (SSSR count). The normalized spacial score (nSPS) is 15.8. The highest BCUT2D eigenvalue weighted by molar-refractivity contribution is 9.10. The predicted molar refractivity (Wildman–Crippen MR) is 134 cm³/mol. The molecule has 1 aliphatic heterocycles. The molecule has 0 fully saturated rings. The minimum Gasteiger partial charge on any atom is -0.497 e. The average molecular weight is 524 g/mol. The van der Waals surface area contributed by atoms with E-state index in [2.05, 4.69) is 73.4 Å². The lowest BCUT2D eigenvalue weighted by Crippen LogP contribution is -2.40. The summed E-state index contributed by atoms with van der Waals surface area (Å²) in [5.41, 5.74) is 1.83. The second kappa shape index (κ2) is 9.41. The van der Waals surface area contributed by atoms with Gasteiger partial charge in [-0.1, -0.05) is 35.5 Å². The topological polar surface area (TPSA) is 56.2 Å². The van der Waals surface area contributed by atoms with E-state index in [0.29, 0.717) is 30.6 Å². The number of aromatic nitrogens is 1. The van der Waals surface area contributed by atoms with Crippen molar-refractivity contribution >= 4 is 43.2 Å². The molecule has 0 amide bonds. The van der Waals surface area contributed by atoms with Crippen molar-refractivity contribution < 1.29 is 14.3 Å². The Labute approximate surface area is 204 Å². The van der Waals surface area contributed by atoms with E-state index in [-0.39, 0.29) is 6.04 Å². The fourth-order valence-corrected chi connectivity index (χ4v) is 5.40. The number of hydrogen-bond donors (Lipinski definition) is 0. The van der Waals surface area contributed by atoms with Crippen LogP contribution in [0.5, 0.6) is 11.6 Å². The third kappa shape index (κ3) is 4.41. The lowest BCUT2D eigenvalue weighted by molar-refractivity contribution is 0.0594. The molecule has 0 N–H and O–H groups in total. The molecule has 8 heteroatoms. The van der Waals surface area contributed by atoms with Crippen molar-refractivity contribution in [3.63, 3.8) is 0 Å². The van der Waals surface area contributed by atoms with Crippen LogP contribution in [0.25, 0.3) is 10.1 Å². The number of thiophene rings is 1. The van der Waals surface area contributed by atoms with E-state index in [0.717, 1.165) is 15.8 Å². The number of ether oxygens (including phenoxy) is 2. The molecule has 0 spiro atoms. The van der Waals surface area contributed by atoms with Crippen LogP contribution in [0, 0.1) is 0 Å². The number of methoxy groups -OCH3 is 2. The number of halogens is 1. The molecule has 3 heterocycles. The number of fused-ring (bicyclic) bond motifs is 1. The van der Waals surface area contributed by atoms with Gasteiger partial charge in [-0.3, -0.25) is 0 Å². The number of benzene rings is 2. The number of hydrogen-bond acceptors (Lipinski definition) is 7. The summed E-state index contributed by atoms with van der Waals surface area (Å²) in [6.07, 6.45) is 0. The highest BCUT2D eigenvalue weighted by Crippen LogP contribution is 2.36. The Bertz CT molecular complexity index is 1270. The second-order valence-electron chi connectivity index (χ2n) is 7.58. The first kappa shape index (κ1) is 21.7. The summed E-state index contributed by atoms with van der Waals surface area (Å²) in [4.78, 5) is 13.9. The van der Waals surface area contributed by atoms with Gasteiger partial charge >= 0.3 is 0 Å². The quantitative estimate of drug-likeness (QED) is 0.309. The Morgan fingerprint density at radius 2 is 1.88 bits per heavy atom. The lowest BCUT2D eigenvalue weighted by atomic mass is 10.1. The van der Waals surface area contributed by atoms with Crippen molar-refractivity contribution in [3.05, 3.63) is 87.3 Å². The van der Waals surface area contributed by atoms with Crippen LogP contribution < -0.4 is 9.47 Å². The zero-order chi connectivity index (χ0) is 22.8. The number of pyridine rings is 1. The monoisotopic (exact) mass is 523 g/mol. The fourth-order valence-electron chi connectivity index (χ4n) is 3.86. The van der Waals surface area contributed by atoms with Crippen LogP contribution in [0.1, 0.15) is 22.2 Å². The highest BCUT2D eigenvalue weighted by atomic mass is 79.9. The van der Waals surface area contributed by atoms with Gasteiger partial charge in [0.25, 0.3) is 0 Å². The smallest absolute Gasteiger partial charge is 0.228 e. The molecule has 1 unspecified atom stereocenters. The first-order valence-corrected chi connectivity index (χ1v) is 12.1. The molecule has 0 bridgehead atoms. The van der Waals surface area contributed by atoms with Crippen LogP contribution in [-0.4, -0.2) is 36.5 Å². The first-order valence-electron chi connectivity index (χ1n) is 10.4. The molecule has 2 aromatic heterocycles. The molecule has 0 saturated carbocycles. The molecule has 0 aliphatic carbocycles. The summed E-state index contributed by atoms with van der Waals surface area (Å²) in [5.74, 6) is 2.00. The summed E-state index contributed by atoms with van der Waals surface area (Å²) < 4.78 is 12.8. The second-order valence-corrected chi connectivity index (χ2v) is 9.55. The van der Waals surface area contributed by atoms with Crippen molar-refractivity contribution in [1.29, 1.82) is 0 Å². The van der Waals surface area contributed by atoms with Crippen LogP contribution in [0.3, 0.4) is 0 Å². The maximum absolute atomic E-state index is 5.75. The third-order valence-corrected chi connectivity index (χ3v) is 7.37. The molecule has 0 radical (unpaired) electrons. The van der Waals surface area contributed by atoms with Gasteiger partial charge in [0.2, 0.25) is 5.88 Å². The Kier molecular flexibility index (Phi) is 6.20. The van der Waals surface area contributed by atoms with Gasteiger partial charge in [-0.2, -0.15) is 0 Å². The molecule has 1 atom stereocenters. The van der Waals surface area contributed by atoms with Crippen molar-refractivity contribution in [1.82, 2.24) is 9.88 Å². The molecule has 6 nitrogen and oxygen atoms in total. The number of nitrogens with zero attached hydrogens (tertiary/aromatic N) is 3. The van der Waals surface area contributed by atoms with Gasteiger partial charge in [-0.15, -0.1) is 11.3 Å². The fraction of sp³-hybridized carbons (Fsp3) is 0.200. The zero-order valence-corrected chi connectivity index (χ0v) is 20.6. The number of oxime groups is 1. The Hall–Kier alpha value is -3.10.